The van der Waals surface area contributed by atoms with Gasteiger partial charge in [-0.1, -0.05) is 0 Å². The van der Waals surface area contributed by atoms with Gasteiger partial charge in [0.2, 0.25) is 5.91 Å². The van der Waals surface area contributed by atoms with Gasteiger partial charge in [0.25, 0.3) is 0 Å². The highest BCUT2D eigenvalue weighted by molar-refractivity contribution is 7.07. The van der Waals surface area contributed by atoms with Crippen LogP contribution in [0.5, 0.6) is 0 Å². The van der Waals surface area contributed by atoms with Gasteiger partial charge in [-0.2, -0.15) is 11.3 Å². The Kier molecular flexibility index (Phi) is 4.44. The van der Waals surface area contributed by atoms with Gasteiger partial charge in [-0.05, 0) is 60.2 Å². The number of likely N-dealkylation sites (tertiary alicyclic amines) is 1. The lowest BCUT2D eigenvalue weighted by Gasteiger charge is -2.34. The van der Waals surface area contributed by atoms with E-state index in [-0.39, 0.29) is 5.91 Å². The molecule has 1 aliphatic carbocycles. The number of piperidine rings is 1. The third-order valence-electron chi connectivity index (χ3n) is 6.49. The summed E-state index contributed by atoms with van der Waals surface area (Å²) in [5.74, 6) is 0.202. The largest absolute Gasteiger partial charge is 0.344 e. The van der Waals surface area contributed by atoms with Gasteiger partial charge in [-0.15, -0.1) is 0 Å². The van der Waals surface area contributed by atoms with Crippen molar-refractivity contribution in [2.45, 2.75) is 45.3 Å². The van der Waals surface area contributed by atoms with Crippen LogP contribution >= 0.6 is 11.3 Å². The van der Waals surface area contributed by atoms with Crippen LogP contribution in [0.2, 0.25) is 0 Å². The summed E-state index contributed by atoms with van der Waals surface area (Å²) in [6.45, 7) is 5.53. The van der Waals surface area contributed by atoms with Crippen molar-refractivity contribution in [2.24, 2.45) is 5.41 Å². The fourth-order valence-electron chi connectivity index (χ4n) is 4.74. The zero-order valence-corrected chi connectivity index (χ0v) is 16.9. The summed E-state index contributed by atoms with van der Waals surface area (Å²) in [7, 11) is 0. The minimum absolute atomic E-state index is 0.202. The average Bonchev–Trinajstić information content (AvgIpc) is 3.05. The number of carbonyl (C=O) groups is 1. The molecule has 3 aromatic rings. The lowest BCUT2D eigenvalue weighted by atomic mass is 9.92. The number of H-pyrrole nitrogens is 1. The van der Waals surface area contributed by atoms with E-state index >= 15 is 0 Å². The molecule has 1 unspecified atom stereocenters. The Hall–Kier alpha value is -2.25. The number of fused-ring (bicyclic) bond motifs is 1. The second-order valence-corrected chi connectivity index (χ2v) is 8.98. The molecule has 28 heavy (non-hydrogen) atoms. The third-order valence-corrected chi connectivity index (χ3v) is 7.22. The van der Waals surface area contributed by atoms with Crippen LogP contribution in [0.1, 0.15) is 37.3 Å². The maximum absolute atomic E-state index is 12.3. The highest BCUT2D eigenvalue weighted by Gasteiger charge is 2.58. The van der Waals surface area contributed by atoms with E-state index < -0.39 is 0 Å². The number of nitrogens with zero attached hydrogens (tertiary/aromatic N) is 4. The highest BCUT2D eigenvalue weighted by atomic mass is 32.1. The summed E-state index contributed by atoms with van der Waals surface area (Å²) in [4.78, 5) is 28.9. The van der Waals surface area contributed by atoms with Crippen molar-refractivity contribution in [3.05, 3.63) is 46.5 Å². The molecule has 146 valence electrons. The number of aromatic nitrogens is 3. The van der Waals surface area contributed by atoms with Gasteiger partial charge in [0.15, 0.2) is 5.65 Å². The van der Waals surface area contributed by atoms with E-state index in [2.05, 4.69) is 41.6 Å². The van der Waals surface area contributed by atoms with Crippen LogP contribution < -0.4 is 0 Å². The van der Waals surface area contributed by atoms with Crippen molar-refractivity contribution in [1.29, 1.82) is 0 Å². The minimum Gasteiger partial charge on any atom is -0.344 e. The van der Waals surface area contributed by atoms with E-state index in [4.69, 9.17) is 0 Å². The van der Waals surface area contributed by atoms with Gasteiger partial charge in [0.05, 0.1) is 0 Å². The first-order valence-electron chi connectivity index (χ1n) is 9.92. The Morgan fingerprint density at radius 1 is 1.36 bits per heavy atom. The maximum atomic E-state index is 12.3. The van der Waals surface area contributed by atoms with Crippen molar-refractivity contribution in [3.63, 3.8) is 0 Å². The number of hydrogen-bond donors (Lipinski definition) is 1. The molecule has 1 saturated heterocycles. The molecule has 2 fully saturated rings. The van der Waals surface area contributed by atoms with Gasteiger partial charge in [-0.3, -0.25) is 14.7 Å². The Morgan fingerprint density at radius 2 is 2.18 bits per heavy atom. The Bertz CT molecular complexity index is 974. The molecule has 7 heteroatoms. The zero-order valence-electron chi connectivity index (χ0n) is 16.1. The number of aromatic amines is 1. The number of nitrogens with one attached hydrogen (secondary N) is 1. The molecule has 1 N–H and O–H groups in total. The Labute approximate surface area is 168 Å². The number of hydrogen-bond acceptors (Lipinski definition) is 5. The first kappa shape index (κ1) is 17.8. The lowest BCUT2D eigenvalue weighted by Crippen LogP contribution is -2.39. The van der Waals surface area contributed by atoms with Gasteiger partial charge in [-0.25, -0.2) is 4.98 Å². The maximum Gasteiger partial charge on any atom is 0.220 e. The molecule has 3 aromatic heterocycles. The second-order valence-electron chi connectivity index (χ2n) is 8.20. The van der Waals surface area contributed by atoms with Crippen LogP contribution in [0, 0.1) is 5.41 Å². The monoisotopic (exact) mass is 395 g/mol. The van der Waals surface area contributed by atoms with Gasteiger partial charge < -0.3 is 9.88 Å². The minimum atomic E-state index is 0.202. The topological polar surface area (TPSA) is 65.1 Å². The van der Waals surface area contributed by atoms with E-state index in [0.29, 0.717) is 11.5 Å². The fourth-order valence-corrected chi connectivity index (χ4v) is 5.40. The summed E-state index contributed by atoms with van der Waals surface area (Å²) < 4.78 is 0. The Balaban J connectivity index is 1.22. The summed E-state index contributed by atoms with van der Waals surface area (Å²) >= 11 is 1.70. The zero-order chi connectivity index (χ0) is 19.1. The van der Waals surface area contributed by atoms with Crippen LogP contribution in [-0.2, 0) is 17.9 Å². The molecule has 0 radical (unpaired) electrons. The smallest absolute Gasteiger partial charge is 0.220 e. The summed E-state index contributed by atoms with van der Waals surface area (Å²) in [6.07, 6.45) is 9.00. The standard InChI is InChI=1S/C21H25N5OS/c1-15(27)26(12-16-2-9-28-14-16)18-10-21(18)3-7-25(8-4-21)13-17-11-24-20-19(17)22-5-6-23-20/h2,5-6,9,11,14,18H,3-4,7-8,10,12-13H2,1H3,(H,23,24). The van der Waals surface area contributed by atoms with Gasteiger partial charge in [0.1, 0.15) is 5.52 Å². The number of thiophene rings is 1. The quantitative estimate of drug-likeness (QED) is 0.719. The normalized spacial score (nSPS) is 21.2. The summed E-state index contributed by atoms with van der Waals surface area (Å²) in [6, 6.07) is 2.54. The average molecular weight is 396 g/mol. The number of rotatable bonds is 5. The number of carbonyl (C=O) groups excluding carboxylic acids is 1. The second kappa shape index (κ2) is 6.97. The summed E-state index contributed by atoms with van der Waals surface area (Å²) in [5, 5.41) is 4.24. The van der Waals surface area contributed by atoms with E-state index in [1.807, 2.05) is 6.20 Å². The van der Waals surface area contributed by atoms with Crippen molar-refractivity contribution in [3.8, 4) is 0 Å². The van der Waals surface area contributed by atoms with E-state index in [9.17, 15) is 4.79 Å². The van der Waals surface area contributed by atoms with Crippen molar-refractivity contribution in [1.82, 2.24) is 24.8 Å². The molecule has 1 spiro atoms. The third kappa shape index (κ3) is 3.22. The molecule has 1 amide bonds. The van der Waals surface area contributed by atoms with Crippen LogP contribution in [0.4, 0.5) is 0 Å². The SMILES string of the molecule is CC(=O)N(Cc1ccsc1)C1CC12CCN(Cc1c[nH]c3nccnc13)CC2. The van der Waals surface area contributed by atoms with Crippen LogP contribution in [0.3, 0.4) is 0 Å². The fraction of sp³-hybridized carbons (Fsp3) is 0.476. The summed E-state index contributed by atoms with van der Waals surface area (Å²) in [5.41, 5.74) is 4.64. The van der Waals surface area contributed by atoms with E-state index in [1.54, 1.807) is 30.7 Å². The van der Waals surface area contributed by atoms with Gasteiger partial charge in [0, 0.05) is 50.2 Å². The first-order valence-corrected chi connectivity index (χ1v) is 10.9. The van der Waals surface area contributed by atoms with Crippen molar-refractivity contribution in [2.75, 3.05) is 13.1 Å². The number of amides is 1. The predicted octanol–water partition coefficient (Wildman–Crippen LogP) is 3.42. The molecule has 4 heterocycles. The van der Waals surface area contributed by atoms with Crippen LogP contribution in [0.25, 0.3) is 11.2 Å². The molecule has 1 aliphatic heterocycles. The van der Waals surface area contributed by atoms with Crippen LogP contribution in [0.15, 0.2) is 35.4 Å². The predicted molar refractivity (Wildman–Crippen MR) is 110 cm³/mol. The highest BCUT2D eigenvalue weighted by Crippen LogP contribution is 2.57. The first-order chi connectivity index (χ1) is 13.6. The molecular weight excluding hydrogens is 370 g/mol. The van der Waals surface area contributed by atoms with Crippen LogP contribution in [-0.4, -0.2) is 49.8 Å². The van der Waals surface area contributed by atoms with E-state index in [0.717, 1.165) is 43.8 Å². The Morgan fingerprint density at radius 3 is 2.93 bits per heavy atom. The molecule has 5 rings (SSSR count). The molecule has 0 bridgehead atoms. The van der Waals surface area contributed by atoms with Crippen molar-refractivity contribution < 1.29 is 4.79 Å². The molecule has 1 saturated carbocycles. The lowest BCUT2D eigenvalue weighted by molar-refractivity contribution is -0.130. The van der Waals surface area contributed by atoms with Crippen molar-refractivity contribution >= 4 is 28.4 Å². The molecular formula is C21H25N5OS. The molecule has 6 nitrogen and oxygen atoms in total. The van der Waals surface area contributed by atoms with Gasteiger partial charge >= 0.3 is 0 Å². The molecule has 0 aromatic carbocycles. The van der Waals surface area contributed by atoms with E-state index in [1.165, 1.54) is 24.0 Å². The molecule has 1 atom stereocenters. The molecule has 2 aliphatic rings.